The van der Waals surface area contributed by atoms with Crippen LogP contribution in [-0.2, 0) is 16.1 Å². The number of hydrogen-bond acceptors (Lipinski definition) is 3. The first-order valence-corrected chi connectivity index (χ1v) is 4.26. The zero-order valence-electron chi connectivity index (χ0n) is 8.06. The normalized spacial score (nSPS) is 10.7. The van der Waals surface area contributed by atoms with E-state index < -0.39 is 0 Å². The molecule has 0 saturated heterocycles. The average Bonchev–Trinajstić information content (AvgIpc) is 2.21. The Kier molecular flexibility index (Phi) is 4.46. The van der Waals surface area contributed by atoms with Crippen LogP contribution in [-0.4, -0.2) is 20.8 Å². The summed E-state index contributed by atoms with van der Waals surface area (Å²) in [6, 6.07) is 10.2. The first-order chi connectivity index (χ1) is 6.36. The maximum Gasteiger partial charge on any atom is 0.206 e. The van der Waals surface area contributed by atoms with Crippen molar-refractivity contribution in [1.29, 1.82) is 0 Å². The van der Waals surface area contributed by atoms with E-state index in [0.717, 1.165) is 13.0 Å². The molecule has 0 unspecified atom stereocenters. The smallest absolute Gasteiger partial charge is 0.113 e. The number of hydroxylamine groups is 2. The van der Waals surface area contributed by atoms with E-state index in [1.807, 2.05) is 18.2 Å². The van der Waals surface area contributed by atoms with Crippen LogP contribution in [0.1, 0.15) is 5.56 Å². The van der Waals surface area contributed by atoms with Gasteiger partial charge in [0, 0.05) is 6.42 Å². The van der Waals surface area contributed by atoms with Crippen LogP contribution in [0.25, 0.3) is 0 Å². The zero-order valence-corrected chi connectivity index (χ0v) is 8.06. The molecule has 0 spiro atoms. The van der Waals surface area contributed by atoms with Crippen molar-refractivity contribution in [3.05, 3.63) is 35.9 Å². The summed E-state index contributed by atoms with van der Waals surface area (Å²) in [5, 5.41) is 1.45. The Morgan fingerprint density at radius 2 is 1.69 bits per heavy atom. The molecule has 0 aliphatic rings. The van der Waals surface area contributed by atoms with Crippen LogP contribution in [0, 0.1) is 0 Å². The van der Waals surface area contributed by atoms with Crippen molar-refractivity contribution in [3.8, 4) is 0 Å². The van der Waals surface area contributed by atoms with E-state index >= 15 is 0 Å². The summed E-state index contributed by atoms with van der Waals surface area (Å²) in [4.78, 5) is 9.86. The Morgan fingerprint density at radius 3 is 2.23 bits per heavy atom. The summed E-state index contributed by atoms with van der Waals surface area (Å²) in [5.41, 5.74) is 1.28. The molecule has 1 aromatic carbocycles. The standard InChI is InChI=1S/C10H15NO2/c1-12-11(13-2)9-8-10-6-4-3-5-7-10/h3-7H,8-9H2,1-2H3/q+1. The van der Waals surface area contributed by atoms with Gasteiger partial charge in [0.15, 0.2) is 5.23 Å². The topological polar surface area (TPSA) is 24.4 Å². The van der Waals surface area contributed by atoms with Crippen molar-refractivity contribution in [3.63, 3.8) is 0 Å². The summed E-state index contributed by atoms with van der Waals surface area (Å²) < 4.78 is 0. The molecule has 0 saturated carbocycles. The van der Waals surface area contributed by atoms with E-state index in [1.54, 1.807) is 14.2 Å². The molecule has 1 rings (SSSR count). The summed E-state index contributed by atoms with van der Waals surface area (Å²) in [6.45, 7) is 0.733. The molecule has 0 atom stereocenters. The molecular weight excluding hydrogens is 166 g/mol. The van der Waals surface area contributed by atoms with Gasteiger partial charge in [0.05, 0.1) is 0 Å². The predicted octanol–water partition coefficient (Wildman–Crippen LogP) is 1.49. The Bertz CT molecular complexity index is 222. The van der Waals surface area contributed by atoms with Gasteiger partial charge in [-0.05, 0) is 5.56 Å². The predicted molar refractivity (Wildman–Crippen MR) is 51.2 cm³/mol. The summed E-state index contributed by atoms with van der Waals surface area (Å²) in [7, 11) is 3.18. The Balaban J connectivity index is 2.34. The Morgan fingerprint density at radius 1 is 1.08 bits per heavy atom. The third kappa shape index (κ3) is 3.55. The van der Waals surface area contributed by atoms with Crippen molar-refractivity contribution < 1.29 is 9.68 Å². The Hall–Kier alpha value is -0.900. The van der Waals surface area contributed by atoms with E-state index in [-0.39, 0.29) is 0 Å². The molecule has 71 valence electrons. The lowest BCUT2D eigenvalue weighted by molar-refractivity contribution is -0.248. The highest BCUT2D eigenvalue weighted by Crippen LogP contribution is 2.00. The minimum absolute atomic E-state index is 0.733. The molecule has 0 fully saturated rings. The molecule has 0 aliphatic heterocycles. The molecule has 0 bridgehead atoms. The van der Waals surface area contributed by atoms with Crippen molar-refractivity contribution in [1.82, 2.24) is 5.23 Å². The van der Waals surface area contributed by atoms with Crippen molar-refractivity contribution in [2.45, 2.75) is 6.42 Å². The first-order valence-electron chi connectivity index (χ1n) is 4.26. The van der Waals surface area contributed by atoms with Crippen LogP contribution in [0.2, 0.25) is 0 Å². The molecule has 0 aromatic heterocycles. The quantitative estimate of drug-likeness (QED) is 0.643. The van der Waals surface area contributed by atoms with Gasteiger partial charge in [-0.1, -0.05) is 30.3 Å². The minimum Gasteiger partial charge on any atom is -0.113 e. The largest absolute Gasteiger partial charge is 0.206 e. The lowest BCUT2D eigenvalue weighted by atomic mass is 10.2. The maximum absolute atomic E-state index is 4.93. The summed E-state index contributed by atoms with van der Waals surface area (Å²) >= 11 is 0. The highest BCUT2D eigenvalue weighted by Gasteiger charge is 2.14. The molecule has 0 aliphatic carbocycles. The highest BCUT2D eigenvalue weighted by atomic mass is 16.9. The number of benzene rings is 1. The van der Waals surface area contributed by atoms with E-state index in [9.17, 15) is 0 Å². The third-order valence-corrected chi connectivity index (χ3v) is 1.83. The lowest BCUT2D eigenvalue weighted by Crippen LogP contribution is -2.29. The minimum atomic E-state index is 0.733. The van der Waals surface area contributed by atoms with Crippen molar-refractivity contribution in [2.24, 2.45) is 0 Å². The fourth-order valence-electron chi connectivity index (χ4n) is 1.12. The van der Waals surface area contributed by atoms with Crippen LogP contribution in [0.4, 0.5) is 0 Å². The van der Waals surface area contributed by atoms with Crippen LogP contribution in [0.3, 0.4) is 0 Å². The fourth-order valence-corrected chi connectivity index (χ4v) is 1.12. The van der Waals surface area contributed by atoms with Gasteiger partial charge >= 0.3 is 0 Å². The Labute approximate surface area is 78.8 Å². The highest BCUT2D eigenvalue weighted by molar-refractivity contribution is 5.14. The molecule has 3 nitrogen and oxygen atoms in total. The van der Waals surface area contributed by atoms with E-state index in [4.69, 9.17) is 9.68 Å². The van der Waals surface area contributed by atoms with E-state index in [2.05, 4.69) is 12.1 Å². The fraction of sp³-hybridized carbons (Fsp3) is 0.400. The first kappa shape index (κ1) is 10.2. The molecule has 3 heteroatoms. The second kappa shape index (κ2) is 5.70. The van der Waals surface area contributed by atoms with Gasteiger partial charge in [0.25, 0.3) is 0 Å². The maximum atomic E-state index is 4.93. The molecule has 0 heterocycles. The number of nitrogens with zero attached hydrogens (tertiary/aromatic N) is 1. The SMILES string of the molecule is CO[N+](CCc1ccccc1)OC. The van der Waals surface area contributed by atoms with Gasteiger partial charge in [0.1, 0.15) is 14.2 Å². The van der Waals surface area contributed by atoms with Gasteiger partial charge < -0.3 is 0 Å². The zero-order chi connectivity index (χ0) is 9.52. The van der Waals surface area contributed by atoms with E-state index in [1.165, 1.54) is 10.8 Å². The van der Waals surface area contributed by atoms with Gasteiger partial charge in [-0.3, -0.25) is 0 Å². The molecule has 1 aromatic rings. The second-order valence-electron chi connectivity index (χ2n) is 2.66. The van der Waals surface area contributed by atoms with Crippen molar-refractivity contribution in [2.75, 3.05) is 20.8 Å². The molecule has 1 radical (unpaired) electrons. The summed E-state index contributed by atoms with van der Waals surface area (Å²) in [5.74, 6) is 0. The third-order valence-electron chi connectivity index (χ3n) is 1.83. The monoisotopic (exact) mass is 181 g/mol. The van der Waals surface area contributed by atoms with Gasteiger partial charge in [0.2, 0.25) is 6.54 Å². The molecular formula is C10H15NO2+. The molecule has 0 N–H and O–H groups in total. The van der Waals surface area contributed by atoms with Crippen LogP contribution in [0.5, 0.6) is 0 Å². The van der Waals surface area contributed by atoms with Crippen LogP contribution < -0.4 is 5.23 Å². The number of hydrogen-bond donors (Lipinski definition) is 0. The average molecular weight is 181 g/mol. The second-order valence-corrected chi connectivity index (χ2v) is 2.66. The summed E-state index contributed by atoms with van der Waals surface area (Å²) in [6.07, 6.45) is 0.919. The molecule has 13 heavy (non-hydrogen) atoms. The van der Waals surface area contributed by atoms with Gasteiger partial charge in [-0.15, -0.1) is 9.68 Å². The van der Waals surface area contributed by atoms with Crippen molar-refractivity contribution >= 4 is 0 Å². The lowest BCUT2D eigenvalue weighted by Gasteiger charge is -2.01. The number of rotatable bonds is 5. The molecule has 0 amide bonds. The van der Waals surface area contributed by atoms with E-state index in [0.29, 0.717) is 0 Å². The van der Waals surface area contributed by atoms with Gasteiger partial charge in [-0.2, -0.15) is 0 Å². The van der Waals surface area contributed by atoms with Crippen LogP contribution >= 0.6 is 0 Å². The van der Waals surface area contributed by atoms with Crippen LogP contribution in [0.15, 0.2) is 30.3 Å². The van der Waals surface area contributed by atoms with Gasteiger partial charge in [-0.25, -0.2) is 0 Å².